The van der Waals surface area contributed by atoms with Crippen LogP contribution in [-0.4, -0.2) is 39.3 Å². The first-order valence-corrected chi connectivity index (χ1v) is 14.5. The summed E-state index contributed by atoms with van der Waals surface area (Å²) in [6.07, 6.45) is 0.0817. The molecule has 0 bridgehead atoms. The molecule has 2 atom stereocenters. The molecule has 1 heterocycles. The van der Waals surface area contributed by atoms with Gasteiger partial charge in [-0.15, -0.1) is 0 Å². The highest BCUT2D eigenvalue weighted by atomic mass is 28.3. The van der Waals surface area contributed by atoms with Crippen molar-refractivity contribution < 1.29 is 23.5 Å². The van der Waals surface area contributed by atoms with E-state index in [1.807, 2.05) is 12.1 Å². The molecule has 0 spiro atoms. The molecule has 2 aromatic carbocycles. The summed E-state index contributed by atoms with van der Waals surface area (Å²) in [5.74, 6) is -1.60. The minimum Gasteiger partial charge on any atom is -0.380 e. The van der Waals surface area contributed by atoms with E-state index in [0.29, 0.717) is 17.7 Å². The molecule has 2 N–H and O–H groups in total. The Balaban J connectivity index is 1.83. The zero-order chi connectivity index (χ0) is 24.2. The number of rotatable bonds is 9. The van der Waals surface area contributed by atoms with E-state index in [-0.39, 0.29) is 42.8 Å². The Bertz CT molecular complexity index is 1030. The predicted molar refractivity (Wildman–Crippen MR) is 127 cm³/mol. The van der Waals surface area contributed by atoms with Gasteiger partial charge < -0.3 is 15.4 Å². The highest BCUT2D eigenvalue weighted by Crippen LogP contribution is 2.21. The van der Waals surface area contributed by atoms with Crippen LogP contribution in [0.2, 0.25) is 19.6 Å². The molecule has 0 radical (unpaired) electrons. The minimum absolute atomic E-state index is 0.0183. The Morgan fingerprint density at radius 1 is 1.15 bits per heavy atom. The molecule has 1 fully saturated rings. The number of nitrogens with one attached hydrogen (secondary N) is 2. The van der Waals surface area contributed by atoms with Crippen LogP contribution >= 0.6 is 0 Å². The summed E-state index contributed by atoms with van der Waals surface area (Å²) in [6, 6.07) is 11.3. The normalized spacial score (nSPS) is 16.9. The van der Waals surface area contributed by atoms with E-state index in [9.17, 15) is 18.8 Å². The molecular weight excluding hydrogens is 439 g/mol. The van der Waals surface area contributed by atoms with E-state index in [0.717, 1.165) is 10.8 Å². The highest BCUT2D eigenvalue weighted by molar-refractivity contribution is 6.88. The second kappa shape index (κ2) is 10.4. The van der Waals surface area contributed by atoms with Crippen LogP contribution in [0.1, 0.15) is 29.2 Å². The van der Waals surface area contributed by atoms with Crippen molar-refractivity contribution in [2.24, 2.45) is 5.92 Å². The third kappa shape index (κ3) is 6.36. The molecule has 8 heteroatoms. The van der Waals surface area contributed by atoms with Crippen LogP contribution in [0.3, 0.4) is 0 Å². The third-order valence-electron chi connectivity index (χ3n) is 5.80. The molecule has 6 nitrogen and oxygen atoms in total. The highest BCUT2D eigenvalue weighted by Gasteiger charge is 2.31. The molecule has 0 aromatic heterocycles. The van der Waals surface area contributed by atoms with Gasteiger partial charge >= 0.3 is 0 Å². The summed E-state index contributed by atoms with van der Waals surface area (Å²) in [6.45, 7) is 6.89. The molecule has 1 saturated heterocycles. The van der Waals surface area contributed by atoms with Gasteiger partial charge in [-0.1, -0.05) is 56.0 Å². The van der Waals surface area contributed by atoms with Crippen LogP contribution in [0.25, 0.3) is 0 Å². The summed E-state index contributed by atoms with van der Waals surface area (Å²) >= 11 is 0. The van der Waals surface area contributed by atoms with Crippen molar-refractivity contribution in [2.45, 2.75) is 45.1 Å². The summed E-state index contributed by atoms with van der Waals surface area (Å²) in [7, 11) is -0.230. The maximum Gasteiger partial charge on any atom is 0.226 e. The van der Waals surface area contributed by atoms with Crippen molar-refractivity contribution in [1.29, 1.82) is 0 Å². The fourth-order valence-corrected chi connectivity index (χ4v) is 5.33. The monoisotopic (exact) mass is 470 g/mol. The molecule has 2 aromatic rings. The summed E-state index contributed by atoms with van der Waals surface area (Å²) in [5.41, 5.74) is 2.13. The van der Waals surface area contributed by atoms with Gasteiger partial charge in [0, 0.05) is 26.5 Å². The van der Waals surface area contributed by atoms with Crippen molar-refractivity contribution in [2.75, 3.05) is 13.7 Å². The molecule has 1 aliphatic heterocycles. The number of ether oxygens (including phenoxy) is 1. The maximum absolute atomic E-state index is 14.7. The minimum atomic E-state index is -1.83. The van der Waals surface area contributed by atoms with Gasteiger partial charge in [0.05, 0.1) is 20.6 Å². The second-order valence-corrected chi connectivity index (χ2v) is 14.6. The number of benzene rings is 2. The molecule has 3 rings (SSSR count). The van der Waals surface area contributed by atoms with Gasteiger partial charge in [0.2, 0.25) is 11.8 Å². The quantitative estimate of drug-likeness (QED) is 0.552. The Kier molecular flexibility index (Phi) is 7.81. The van der Waals surface area contributed by atoms with Crippen LogP contribution in [0.15, 0.2) is 42.5 Å². The van der Waals surface area contributed by atoms with Crippen LogP contribution in [0.5, 0.6) is 0 Å². The predicted octanol–water partition coefficient (Wildman–Crippen LogP) is 2.62. The average molecular weight is 471 g/mol. The standard InChI is InChI=1S/C25H31FN2O4Si/c1-32-15-16-5-8-18(9-6-16)24(28-25(31)19-13-23(30)27-14-19)21(29)12-17-7-10-22(20(26)11-17)33(2,3)4/h5-11,19,24H,12-15H2,1-4H3,(H,27,30)(H,28,31). The van der Waals surface area contributed by atoms with Gasteiger partial charge in [-0.3, -0.25) is 14.4 Å². The number of carbonyl (C=O) groups excluding carboxylic acids is 3. The number of methoxy groups -OCH3 is 1. The van der Waals surface area contributed by atoms with Crippen molar-refractivity contribution in [3.05, 3.63) is 65.0 Å². The van der Waals surface area contributed by atoms with Crippen LogP contribution in [0, 0.1) is 11.7 Å². The molecule has 2 amide bonds. The average Bonchev–Trinajstić information content (AvgIpc) is 3.18. The molecule has 2 unspecified atom stereocenters. The van der Waals surface area contributed by atoms with Gasteiger partial charge in [-0.25, -0.2) is 4.39 Å². The molecule has 0 aliphatic carbocycles. The molecule has 176 valence electrons. The SMILES string of the molecule is COCc1ccc(C(NC(=O)C2CNC(=O)C2)C(=O)Cc2ccc([Si](C)(C)C)c(F)c2)cc1. The Morgan fingerprint density at radius 2 is 1.82 bits per heavy atom. The number of halogens is 1. The van der Waals surface area contributed by atoms with Gasteiger partial charge in [0.25, 0.3) is 0 Å². The van der Waals surface area contributed by atoms with Gasteiger partial charge in [0.1, 0.15) is 11.9 Å². The lowest BCUT2D eigenvalue weighted by atomic mass is 9.95. The van der Waals surface area contributed by atoms with Crippen molar-refractivity contribution in [3.63, 3.8) is 0 Å². The molecule has 0 saturated carbocycles. The first kappa shape index (κ1) is 24.8. The number of hydrogen-bond acceptors (Lipinski definition) is 4. The van der Waals surface area contributed by atoms with Crippen LogP contribution < -0.4 is 15.8 Å². The smallest absolute Gasteiger partial charge is 0.226 e. The number of hydrogen-bond donors (Lipinski definition) is 2. The summed E-state index contributed by atoms with van der Waals surface area (Å²) < 4.78 is 19.8. The first-order chi connectivity index (χ1) is 15.6. The fourth-order valence-electron chi connectivity index (χ4n) is 3.95. The van der Waals surface area contributed by atoms with E-state index >= 15 is 0 Å². The van der Waals surface area contributed by atoms with Gasteiger partial charge in [0.15, 0.2) is 5.78 Å². The van der Waals surface area contributed by atoms with E-state index in [2.05, 4.69) is 30.3 Å². The summed E-state index contributed by atoms with van der Waals surface area (Å²) in [4.78, 5) is 37.6. The number of carbonyl (C=O) groups is 3. The zero-order valence-electron chi connectivity index (χ0n) is 19.5. The van der Waals surface area contributed by atoms with Crippen LogP contribution in [-0.2, 0) is 32.1 Å². The van der Waals surface area contributed by atoms with Crippen LogP contribution in [0.4, 0.5) is 4.39 Å². The third-order valence-corrected chi connectivity index (χ3v) is 7.82. The first-order valence-electron chi connectivity index (χ1n) is 11.0. The van der Waals surface area contributed by atoms with Gasteiger partial charge in [-0.05, 0) is 27.9 Å². The van der Waals surface area contributed by atoms with E-state index in [1.165, 1.54) is 6.07 Å². The second-order valence-electron chi connectivity index (χ2n) is 9.53. The number of Topliss-reactive ketones (excluding diaryl/α,β-unsaturated/α-hetero) is 1. The van der Waals surface area contributed by atoms with Crippen molar-refractivity contribution in [1.82, 2.24) is 10.6 Å². The van der Waals surface area contributed by atoms with E-state index < -0.39 is 20.0 Å². The molecule has 1 aliphatic rings. The largest absolute Gasteiger partial charge is 0.380 e. The lowest BCUT2D eigenvalue weighted by molar-refractivity contribution is -0.130. The van der Waals surface area contributed by atoms with E-state index in [4.69, 9.17) is 4.74 Å². The topological polar surface area (TPSA) is 84.5 Å². The fraction of sp³-hybridized carbons (Fsp3) is 0.400. The molecule has 33 heavy (non-hydrogen) atoms. The Labute approximate surface area is 194 Å². The van der Waals surface area contributed by atoms with Gasteiger partial charge in [-0.2, -0.15) is 0 Å². The van der Waals surface area contributed by atoms with E-state index in [1.54, 1.807) is 31.4 Å². The van der Waals surface area contributed by atoms with Crippen molar-refractivity contribution >= 4 is 30.9 Å². The number of ketones is 1. The number of amides is 2. The Morgan fingerprint density at radius 3 is 2.36 bits per heavy atom. The molecular formula is C25H31FN2O4Si. The summed E-state index contributed by atoms with van der Waals surface area (Å²) in [5, 5.41) is 6.18. The zero-order valence-corrected chi connectivity index (χ0v) is 20.5. The maximum atomic E-state index is 14.7. The lowest BCUT2D eigenvalue weighted by Gasteiger charge is -2.21. The lowest BCUT2D eigenvalue weighted by Crippen LogP contribution is -2.40. The van der Waals surface area contributed by atoms with Crippen molar-refractivity contribution in [3.8, 4) is 0 Å². The Hall–Kier alpha value is -2.84.